The van der Waals surface area contributed by atoms with Gasteiger partial charge >= 0.3 is 0 Å². The Balaban J connectivity index is 2.17. The van der Waals surface area contributed by atoms with Crippen molar-refractivity contribution in [1.29, 1.82) is 0 Å². The number of fused-ring (bicyclic) bond motifs is 3. The summed E-state index contributed by atoms with van der Waals surface area (Å²) < 4.78 is 28.8. The van der Waals surface area contributed by atoms with E-state index in [4.69, 9.17) is 9.88 Å². The molecule has 0 spiro atoms. The second-order valence-electron chi connectivity index (χ2n) is 5.81. The number of hydrogen-bond acceptors (Lipinski definition) is 4. The van der Waals surface area contributed by atoms with Crippen molar-refractivity contribution < 1.29 is 18.3 Å². The Bertz CT molecular complexity index is 890. The topological polar surface area (TPSA) is 89.6 Å². The Hall–Kier alpha value is -2.15. The number of rotatable bonds is 5. The van der Waals surface area contributed by atoms with Gasteiger partial charge < -0.3 is 9.84 Å². The lowest BCUT2D eigenvalue weighted by molar-refractivity contribution is 0.204. The van der Waals surface area contributed by atoms with Crippen LogP contribution in [-0.2, 0) is 22.4 Å². The minimum atomic E-state index is -3.61. The lowest BCUT2D eigenvalue weighted by Gasteiger charge is -2.30. The van der Waals surface area contributed by atoms with E-state index in [9.17, 15) is 13.5 Å². The normalized spacial score (nSPS) is 16.0. The summed E-state index contributed by atoms with van der Waals surface area (Å²) in [5, 5.41) is 14.8. The molecule has 2 aromatic carbocycles. The Morgan fingerprint density at radius 1 is 1.29 bits per heavy atom. The second kappa shape index (κ2) is 6.39. The van der Waals surface area contributed by atoms with E-state index in [0.717, 1.165) is 22.3 Å². The minimum absolute atomic E-state index is 0.100. The van der Waals surface area contributed by atoms with Gasteiger partial charge in [0.1, 0.15) is 11.9 Å². The zero-order valence-corrected chi connectivity index (χ0v) is 13.9. The highest BCUT2D eigenvalue weighted by molar-refractivity contribution is 7.88. The fourth-order valence-corrected chi connectivity index (χ4v) is 3.73. The fourth-order valence-electron chi connectivity index (χ4n) is 3.08. The first-order valence-corrected chi connectivity index (χ1v) is 9.28. The van der Waals surface area contributed by atoms with Crippen molar-refractivity contribution in [3.05, 3.63) is 65.7 Å². The van der Waals surface area contributed by atoms with Gasteiger partial charge in [-0.25, -0.2) is 13.6 Å². The average Bonchev–Trinajstić information content (AvgIpc) is 2.53. The molecule has 2 aromatic rings. The van der Waals surface area contributed by atoms with Gasteiger partial charge in [0.25, 0.3) is 0 Å². The second-order valence-corrected chi connectivity index (χ2v) is 7.42. The molecule has 5 nitrogen and oxygen atoms in total. The van der Waals surface area contributed by atoms with E-state index in [1.165, 1.54) is 0 Å². The predicted molar refractivity (Wildman–Crippen MR) is 92.8 cm³/mol. The summed E-state index contributed by atoms with van der Waals surface area (Å²) in [5.74, 6) is 0.482. The standard InChI is InChI=1S/C18H19NO4S/c1-2-4-16-15-9-12(11-24(19,21)22)7-8-14(15)18-13(10-20)5-3-6-17(18)23-16/h2-3,5-9,16,20H,1,4,10-11H2,(H2,19,21,22). The van der Waals surface area contributed by atoms with E-state index in [1.807, 2.05) is 30.3 Å². The average molecular weight is 345 g/mol. The summed E-state index contributed by atoms with van der Waals surface area (Å²) >= 11 is 0. The number of sulfonamides is 1. The van der Waals surface area contributed by atoms with Crippen LogP contribution in [0.3, 0.4) is 0 Å². The molecule has 0 bridgehead atoms. The number of aliphatic hydroxyl groups is 1. The van der Waals surface area contributed by atoms with Gasteiger partial charge in [0, 0.05) is 17.5 Å². The van der Waals surface area contributed by atoms with Gasteiger partial charge in [0.05, 0.1) is 12.4 Å². The molecule has 1 heterocycles. The van der Waals surface area contributed by atoms with Crippen molar-refractivity contribution >= 4 is 10.0 Å². The van der Waals surface area contributed by atoms with Crippen LogP contribution in [0.2, 0.25) is 0 Å². The third kappa shape index (κ3) is 3.21. The van der Waals surface area contributed by atoms with Crippen molar-refractivity contribution in [2.75, 3.05) is 0 Å². The van der Waals surface area contributed by atoms with Crippen molar-refractivity contribution in [1.82, 2.24) is 0 Å². The predicted octanol–water partition coefficient (Wildman–Crippen LogP) is 2.64. The van der Waals surface area contributed by atoms with Gasteiger partial charge in [-0.2, -0.15) is 0 Å². The van der Waals surface area contributed by atoms with Gasteiger partial charge in [-0.15, -0.1) is 6.58 Å². The minimum Gasteiger partial charge on any atom is -0.485 e. The molecule has 3 rings (SSSR count). The molecule has 0 amide bonds. The van der Waals surface area contributed by atoms with Gasteiger partial charge in [-0.1, -0.05) is 36.4 Å². The number of hydrogen-bond donors (Lipinski definition) is 2. The number of aliphatic hydroxyl groups excluding tert-OH is 1. The fraction of sp³-hybridized carbons (Fsp3) is 0.222. The van der Waals surface area contributed by atoms with Crippen molar-refractivity contribution in [3.63, 3.8) is 0 Å². The van der Waals surface area contributed by atoms with Gasteiger partial charge in [0.15, 0.2) is 0 Å². The summed E-state index contributed by atoms with van der Waals surface area (Å²) in [4.78, 5) is 0. The van der Waals surface area contributed by atoms with Crippen LogP contribution in [-0.4, -0.2) is 13.5 Å². The van der Waals surface area contributed by atoms with Crippen molar-refractivity contribution in [3.8, 4) is 16.9 Å². The summed E-state index contributed by atoms with van der Waals surface area (Å²) in [6, 6.07) is 11.0. The van der Waals surface area contributed by atoms with E-state index in [-0.39, 0.29) is 18.5 Å². The maximum Gasteiger partial charge on any atom is 0.213 e. The number of ether oxygens (including phenoxy) is 1. The molecule has 1 unspecified atom stereocenters. The maximum atomic E-state index is 11.4. The highest BCUT2D eigenvalue weighted by Gasteiger charge is 2.27. The Morgan fingerprint density at radius 3 is 2.75 bits per heavy atom. The molecule has 0 radical (unpaired) electrons. The smallest absolute Gasteiger partial charge is 0.213 e. The first-order valence-electron chi connectivity index (χ1n) is 7.57. The van der Waals surface area contributed by atoms with Gasteiger partial charge in [-0.05, 0) is 22.8 Å². The zero-order chi connectivity index (χ0) is 17.3. The number of primary sulfonamides is 1. The summed E-state index contributed by atoms with van der Waals surface area (Å²) in [6.07, 6.45) is 2.11. The lowest BCUT2D eigenvalue weighted by Crippen LogP contribution is -2.17. The molecular formula is C18H19NO4S. The summed E-state index contributed by atoms with van der Waals surface area (Å²) in [7, 11) is -3.61. The number of benzene rings is 2. The van der Waals surface area contributed by atoms with E-state index in [2.05, 4.69) is 6.58 Å². The quantitative estimate of drug-likeness (QED) is 0.815. The molecule has 0 aliphatic carbocycles. The first kappa shape index (κ1) is 16.7. The molecule has 0 fully saturated rings. The van der Waals surface area contributed by atoms with Crippen molar-refractivity contribution in [2.24, 2.45) is 5.14 Å². The van der Waals surface area contributed by atoms with E-state index in [1.54, 1.807) is 12.1 Å². The largest absolute Gasteiger partial charge is 0.485 e. The monoisotopic (exact) mass is 345 g/mol. The summed E-state index contributed by atoms with van der Waals surface area (Å²) in [5.41, 5.74) is 4.04. The van der Waals surface area contributed by atoms with Crippen LogP contribution in [0, 0.1) is 0 Å². The van der Waals surface area contributed by atoms with Crippen molar-refractivity contribution in [2.45, 2.75) is 24.9 Å². The van der Waals surface area contributed by atoms with Gasteiger partial charge in [-0.3, -0.25) is 0 Å². The third-order valence-electron chi connectivity index (χ3n) is 4.03. The molecule has 3 N–H and O–H groups in total. The molecule has 1 aliphatic heterocycles. The SMILES string of the molecule is C=CCC1Oc2cccc(CO)c2-c2ccc(CS(N)(=O)=O)cc21. The molecule has 0 saturated carbocycles. The highest BCUT2D eigenvalue weighted by atomic mass is 32.2. The Morgan fingerprint density at radius 2 is 2.08 bits per heavy atom. The van der Waals surface area contributed by atoms with Crippen LogP contribution in [0.15, 0.2) is 49.1 Å². The lowest BCUT2D eigenvalue weighted by atomic mass is 9.88. The molecule has 126 valence electrons. The van der Waals surface area contributed by atoms with Crippen LogP contribution >= 0.6 is 0 Å². The highest BCUT2D eigenvalue weighted by Crippen LogP contribution is 2.45. The van der Waals surface area contributed by atoms with Crippen LogP contribution in [0.1, 0.15) is 29.2 Å². The molecule has 6 heteroatoms. The molecule has 24 heavy (non-hydrogen) atoms. The maximum absolute atomic E-state index is 11.4. The first-order chi connectivity index (χ1) is 11.4. The van der Waals surface area contributed by atoms with Crippen LogP contribution < -0.4 is 9.88 Å². The van der Waals surface area contributed by atoms with E-state index < -0.39 is 10.0 Å². The van der Waals surface area contributed by atoms with Gasteiger partial charge in [0.2, 0.25) is 10.0 Å². The third-order valence-corrected chi connectivity index (χ3v) is 4.77. The Kier molecular flexibility index (Phi) is 4.45. The zero-order valence-electron chi connectivity index (χ0n) is 13.1. The molecular weight excluding hydrogens is 326 g/mol. The molecule has 1 aliphatic rings. The molecule has 1 atom stereocenters. The number of nitrogens with two attached hydrogens (primary N) is 1. The van der Waals surface area contributed by atoms with E-state index >= 15 is 0 Å². The van der Waals surface area contributed by atoms with Crippen LogP contribution in [0.5, 0.6) is 5.75 Å². The van der Waals surface area contributed by atoms with Crippen LogP contribution in [0.25, 0.3) is 11.1 Å². The Labute approximate surface area is 141 Å². The molecule has 0 aromatic heterocycles. The summed E-state index contributed by atoms with van der Waals surface area (Å²) in [6.45, 7) is 3.66. The van der Waals surface area contributed by atoms with Crippen LogP contribution in [0.4, 0.5) is 0 Å². The van der Waals surface area contributed by atoms with E-state index in [0.29, 0.717) is 17.7 Å². The molecule has 0 saturated heterocycles.